The predicted octanol–water partition coefficient (Wildman–Crippen LogP) is 8.13. The van der Waals surface area contributed by atoms with Crippen molar-refractivity contribution in [1.82, 2.24) is 0 Å². The van der Waals surface area contributed by atoms with E-state index in [1.807, 2.05) is 0 Å². The molecule has 0 saturated heterocycles. The smallest absolute Gasteiger partial charge is 0.0125 e. The first-order valence-electron chi connectivity index (χ1n) is 11.3. The lowest BCUT2D eigenvalue weighted by Gasteiger charge is -2.38. The lowest BCUT2D eigenvalue weighted by Crippen LogP contribution is -2.34. The first-order chi connectivity index (χ1) is 12.5. The highest BCUT2D eigenvalue weighted by molar-refractivity contribution is 7.68. The van der Waals surface area contributed by atoms with E-state index in [9.17, 15) is 0 Å². The minimum Gasteiger partial charge on any atom is -0.0697 e. The van der Waals surface area contributed by atoms with Gasteiger partial charge < -0.3 is 0 Å². The normalized spacial score (nSPS) is 13.9. The fourth-order valence-electron chi connectivity index (χ4n) is 4.51. The van der Waals surface area contributed by atoms with Gasteiger partial charge in [0.05, 0.1) is 0 Å². The summed E-state index contributed by atoms with van der Waals surface area (Å²) in [6, 6.07) is 5.34. The molecule has 0 aliphatic rings. The van der Waals surface area contributed by atoms with Crippen LogP contribution in [0, 0.1) is 0 Å². The zero-order valence-electron chi connectivity index (χ0n) is 21.4. The van der Waals surface area contributed by atoms with Crippen LogP contribution in [0.4, 0.5) is 0 Å². The van der Waals surface area contributed by atoms with Crippen LogP contribution in [0.2, 0.25) is 0 Å². The van der Waals surface area contributed by atoms with Gasteiger partial charge in [0.2, 0.25) is 0 Å². The molecule has 0 nitrogen and oxygen atoms in total. The maximum Gasteiger partial charge on any atom is -0.0125 e. The molecule has 0 unspecified atom stereocenters. The van der Waals surface area contributed by atoms with Gasteiger partial charge in [-0.3, -0.25) is 0 Å². The van der Waals surface area contributed by atoms with Gasteiger partial charge in [-0.2, -0.15) is 0 Å². The molecule has 2 heteroatoms. The van der Waals surface area contributed by atoms with Gasteiger partial charge >= 0.3 is 0 Å². The zero-order chi connectivity index (χ0) is 22.2. The molecule has 0 saturated carbocycles. The van der Waals surface area contributed by atoms with Crippen LogP contribution >= 0.6 is 15.8 Å². The fraction of sp³-hybridized carbons (Fsp3) is 0.769. The molecule has 162 valence electrons. The van der Waals surface area contributed by atoms with Crippen LogP contribution in [-0.4, -0.2) is 22.6 Å². The Morgan fingerprint density at radius 2 is 0.750 bits per heavy atom. The fourth-order valence-corrected chi connectivity index (χ4v) is 11.1. The van der Waals surface area contributed by atoms with E-state index in [1.165, 1.54) is 0 Å². The number of hydrogen-bond acceptors (Lipinski definition) is 0. The van der Waals surface area contributed by atoms with Crippen molar-refractivity contribution in [1.29, 1.82) is 0 Å². The Kier molecular flexibility index (Phi) is 8.84. The van der Waals surface area contributed by atoms with Crippen LogP contribution in [0.25, 0.3) is 0 Å². The van der Waals surface area contributed by atoms with E-state index >= 15 is 0 Å². The Bertz CT molecular complexity index is 570. The topological polar surface area (TPSA) is 0 Å². The van der Waals surface area contributed by atoms with Crippen molar-refractivity contribution in [3.05, 3.63) is 23.3 Å². The summed E-state index contributed by atoms with van der Waals surface area (Å²) in [6.07, 6.45) is 0. The average molecular weight is 423 g/mol. The highest BCUT2D eigenvalue weighted by Gasteiger charge is 2.33. The zero-order valence-corrected chi connectivity index (χ0v) is 23.1. The van der Waals surface area contributed by atoms with Gasteiger partial charge in [-0.05, 0) is 61.3 Å². The van der Waals surface area contributed by atoms with E-state index in [0.717, 1.165) is 0 Å². The molecule has 1 aromatic rings. The van der Waals surface area contributed by atoms with Crippen LogP contribution in [-0.2, 0) is 10.8 Å². The highest BCUT2D eigenvalue weighted by Crippen LogP contribution is 2.51. The van der Waals surface area contributed by atoms with E-state index in [2.05, 4.69) is 109 Å². The molecular formula is C26H48P2. The molecule has 0 amide bonds. The SMILES string of the molecule is CC(C)P(c1cc(P(C(C)C)C(C)C)c(C(C)(C)C)cc1C(C)(C)C)C(C)C. The van der Waals surface area contributed by atoms with Gasteiger partial charge in [-0.1, -0.05) is 119 Å². The van der Waals surface area contributed by atoms with Crippen LogP contribution < -0.4 is 10.6 Å². The molecular weight excluding hydrogens is 374 g/mol. The third kappa shape index (κ3) is 6.05. The molecule has 1 aromatic carbocycles. The monoisotopic (exact) mass is 422 g/mol. The van der Waals surface area contributed by atoms with Crippen LogP contribution in [0.1, 0.15) is 108 Å². The number of hydrogen-bond donors (Lipinski definition) is 0. The van der Waals surface area contributed by atoms with Crippen molar-refractivity contribution in [3.8, 4) is 0 Å². The summed E-state index contributed by atoms with van der Waals surface area (Å²) in [4.78, 5) is 0. The summed E-state index contributed by atoms with van der Waals surface area (Å²) in [6.45, 7) is 33.9. The van der Waals surface area contributed by atoms with Crippen LogP contribution in [0.3, 0.4) is 0 Å². The summed E-state index contributed by atoms with van der Waals surface area (Å²) in [5.74, 6) is 0. The third-order valence-corrected chi connectivity index (χ3v) is 11.8. The molecule has 0 aromatic heterocycles. The summed E-state index contributed by atoms with van der Waals surface area (Å²) >= 11 is 0. The third-order valence-electron chi connectivity index (χ3n) is 5.51. The molecule has 0 atom stereocenters. The van der Waals surface area contributed by atoms with Gasteiger partial charge in [0.1, 0.15) is 0 Å². The van der Waals surface area contributed by atoms with Crippen LogP contribution in [0.15, 0.2) is 12.1 Å². The van der Waals surface area contributed by atoms with Gasteiger partial charge in [-0.15, -0.1) is 0 Å². The van der Waals surface area contributed by atoms with E-state index in [1.54, 1.807) is 21.7 Å². The molecule has 0 N–H and O–H groups in total. The molecule has 0 heterocycles. The molecule has 1 rings (SSSR count). The first-order valence-corrected chi connectivity index (χ1v) is 14.2. The maximum absolute atomic E-state index is 2.71. The van der Waals surface area contributed by atoms with Crippen molar-refractivity contribution in [2.24, 2.45) is 0 Å². The van der Waals surface area contributed by atoms with Crippen molar-refractivity contribution in [3.63, 3.8) is 0 Å². The number of benzene rings is 1. The van der Waals surface area contributed by atoms with Gasteiger partial charge in [0.15, 0.2) is 0 Å². The Hall–Kier alpha value is 0.0800. The first kappa shape index (κ1) is 26.1. The second kappa shape index (κ2) is 9.48. The van der Waals surface area contributed by atoms with Gasteiger partial charge in [-0.25, -0.2) is 0 Å². The van der Waals surface area contributed by atoms with Crippen molar-refractivity contribution in [2.75, 3.05) is 0 Å². The summed E-state index contributed by atoms with van der Waals surface area (Å²) < 4.78 is 0. The van der Waals surface area contributed by atoms with E-state index in [-0.39, 0.29) is 26.7 Å². The Morgan fingerprint density at radius 1 is 0.500 bits per heavy atom. The Morgan fingerprint density at radius 3 is 0.929 bits per heavy atom. The predicted molar refractivity (Wildman–Crippen MR) is 137 cm³/mol. The molecule has 0 bridgehead atoms. The van der Waals surface area contributed by atoms with Crippen LogP contribution in [0.5, 0.6) is 0 Å². The highest BCUT2D eigenvalue weighted by atomic mass is 31.1. The van der Waals surface area contributed by atoms with E-state index in [0.29, 0.717) is 22.6 Å². The van der Waals surface area contributed by atoms with Gasteiger partial charge in [0.25, 0.3) is 0 Å². The molecule has 28 heavy (non-hydrogen) atoms. The quantitative estimate of drug-likeness (QED) is 0.406. The molecule has 0 aliphatic heterocycles. The molecule has 0 radical (unpaired) electrons. The number of rotatable bonds is 6. The average Bonchev–Trinajstić information content (AvgIpc) is 2.42. The van der Waals surface area contributed by atoms with E-state index < -0.39 is 0 Å². The van der Waals surface area contributed by atoms with Crippen molar-refractivity contribution >= 4 is 26.5 Å². The Labute approximate surface area is 180 Å². The van der Waals surface area contributed by atoms with Crippen molar-refractivity contribution in [2.45, 2.75) is 130 Å². The minimum atomic E-state index is -0.176. The summed E-state index contributed by atoms with van der Waals surface area (Å²) in [7, 11) is -0.352. The largest absolute Gasteiger partial charge is 0.0697 e. The maximum atomic E-state index is 2.71. The van der Waals surface area contributed by atoms with Gasteiger partial charge in [0, 0.05) is 0 Å². The van der Waals surface area contributed by atoms with Crippen molar-refractivity contribution < 1.29 is 0 Å². The lowest BCUT2D eigenvalue weighted by molar-refractivity contribution is 0.573. The minimum absolute atomic E-state index is 0.176. The lowest BCUT2D eigenvalue weighted by atomic mass is 9.80. The summed E-state index contributed by atoms with van der Waals surface area (Å²) in [5.41, 5.74) is 6.41. The second-order valence-electron chi connectivity index (χ2n) is 11.6. The summed E-state index contributed by atoms with van der Waals surface area (Å²) in [5, 5.41) is 3.37. The molecule has 0 fully saturated rings. The molecule has 0 aliphatic carbocycles. The Balaban J connectivity index is 4.02. The molecule has 0 spiro atoms. The standard InChI is InChI=1S/C26H48P2/c1-17(2)27(18(3)4)23-16-24(28(19(5)6)20(7)8)22(26(12,13)14)15-21(23)25(9,10)11/h15-20H,1-14H3. The second-order valence-corrected chi connectivity index (χ2v) is 18.3. The van der Waals surface area contributed by atoms with E-state index in [4.69, 9.17) is 0 Å².